The molecular weight excluding hydrogens is 502 g/mol. The zero-order chi connectivity index (χ0) is 28.1. The summed E-state index contributed by atoms with van der Waals surface area (Å²) in [5, 5.41) is 8.77. The van der Waals surface area contributed by atoms with Crippen molar-refractivity contribution in [2.45, 2.75) is 43.2 Å². The van der Waals surface area contributed by atoms with Crippen LogP contribution < -0.4 is 15.5 Å². The van der Waals surface area contributed by atoms with Crippen LogP contribution >= 0.6 is 0 Å². The van der Waals surface area contributed by atoms with E-state index in [-0.39, 0.29) is 5.41 Å². The molecule has 1 saturated carbocycles. The number of rotatable bonds is 9. The molecule has 0 bridgehead atoms. The Morgan fingerprint density at radius 3 is 1.66 bits per heavy atom. The number of fused-ring (bicyclic) bond motifs is 1. The van der Waals surface area contributed by atoms with E-state index in [1.807, 2.05) is 26.2 Å². The van der Waals surface area contributed by atoms with Gasteiger partial charge in [0.1, 0.15) is 5.82 Å². The molecule has 1 fully saturated rings. The smallest absolute Gasteiger partial charge is 0.225 e. The van der Waals surface area contributed by atoms with E-state index < -0.39 is 0 Å². The minimum absolute atomic E-state index is 0.277. The maximum absolute atomic E-state index is 4.87. The largest absolute Gasteiger partial charge is 0.362 e. The monoisotopic (exact) mass is 541 g/mol. The fraction of sp³-hybridized carbons (Fsp3) is 0.278. The standard InChI is InChI=1S/C36H39N5/c1-41(2)34-32-20-12-13-21-33(32)39-35(40-34)38-31-24-22-30(23-25-31)37-26-36(27-14-6-3-7-15-27,28-16-8-4-9-17-28)29-18-10-5-11-19-29/h3-21,30-31,37H,22-26H2,1-2H3,(H,38,39,40)/t30-,31+. The number of para-hydroxylation sites is 1. The molecule has 5 heteroatoms. The van der Waals surface area contributed by atoms with E-state index in [1.165, 1.54) is 16.7 Å². The van der Waals surface area contributed by atoms with E-state index in [4.69, 9.17) is 9.97 Å². The SMILES string of the molecule is CN(C)c1nc(N[C@H]2CC[C@@H](NCC(c3ccccc3)(c3ccccc3)c3ccccc3)CC2)nc2ccccc12. The molecule has 0 radical (unpaired) electrons. The van der Waals surface area contributed by atoms with E-state index in [2.05, 4.69) is 119 Å². The van der Waals surface area contributed by atoms with Crippen LogP contribution in [0, 0.1) is 0 Å². The van der Waals surface area contributed by atoms with Crippen LogP contribution in [-0.4, -0.2) is 42.7 Å². The average Bonchev–Trinajstić information content (AvgIpc) is 3.03. The first-order valence-electron chi connectivity index (χ1n) is 14.7. The van der Waals surface area contributed by atoms with Gasteiger partial charge in [-0.3, -0.25) is 0 Å². The van der Waals surface area contributed by atoms with Gasteiger partial charge in [-0.1, -0.05) is 103 Å². The number of benzene rings is 4. The molecule has 0 atom stereocenters. The van der Waals surface area contributed by atoms with Gasteiger partial charge in [0.05, 0.1) is 10.9 Å². The molecule has 4 aromatic carbocycles. The molecule has 0 aliphatic heterocycles. The Morgan fingerprint density at radius 1 is 0.634 bits per heavy atom. The number of hydrogen-bond donors (Lipinski definition) is 2. The minimum Gasteiger partial charge on any atom is -0.362 e. The molecule has 1 heterocycles. The zero-order valence-electron chi connectivity index (χ0n) is 24.0. The molecule has 1 aliphatic carbocycles. The number of hydrogen-bond acceptors (Lipinski definition) is 5. The quantitative estimate of drug-likeness (QED) is 0.196. The molecule has 5 nitrogen and oxygen atoms in total. The third-order valence-electron chi connectivity index (χ3n) is 8.52. The minimum atomic E-state index is -0.277. The van der Waals surface area contributed by atoms with Gasteiger partial charge >= 0.3 is 0 Å². The molecule has 0 saturated heterocycles. The summed E-state index contributed by atoms with van der Waals surface area (Å²) in [5.41, 5.74) is 4.63. The fourth-order valence-corrected chi connectivity index (χ4v) is 6.36. The van der Waals surface area contributed by atoms with Gasteiger partial charge in [0.2, 0.25) is 5.95 Å². The molecule has 41 heavy (non-hydrogen) atoms. The van der Waals surface area contributed by atoms with Gasteiger partial charge in [-0.25, -0.2) is 4.98 Å². The molecule has 5 aromatic rings. The van der Waals surface area contributed by atoms with Crippen molar-refractivity contribution in [3.63, 3.8) is 0 Å². The van der Waals surface area contributed by atoms with Crippen molar-refractivity contribution in [1.29, 1.82) is 0 Å². The molecule has 0 spiro atoms. The lowest BCUT2D eigenvalue weighted by atomic mass is 9.69. The van der Waals surface area contributed by atoms with Gasteiger partial charge in [-0.05, 0) is 54.5 Å². The summed E-state index contributed by atoms with van der Waals surface area (Å²) in [4.78, 5) is 11.8. The van der Waals surface area contributed by atoms with E-state index in [1.54, 1.807) is 0 Å². The lowest BCUT2D eigenvalue weighted by molar-refractivity contribution is 0.339. The lowest BCUT2D eigenvalue weighted by Crippen LogP contribution is -2.46. The lowest BCUT2D eigenvalue weighted by Gasteiger charge is -2.39. The number of nitrogens with zero attached hydrogens (tertiary/aromatic N) is 3. The number of aromatic nitrogens is 2. The van der Waals surface area contributed by atoms with E-state index in [9.17, 15) is 0 Å². The number of nitrogens with one attached hydrogen (secondary N) is 2. The molecule has 2 N–H and O–H groups in total. The first kappa shape index (κ1) is 27.0. The summed E-state index contributed by atoms with van der Waals surface area (Å²) in [6.07, 6.45) is 4.39. The second-order valence-corrected chi connectivity index (χ2v) is 11.4. The van der Waals surface area contributed by atoms with Crippen LogP contribution in [0.1, 0.15) is 42.4 Å². The predicted octanol–water partition coefficient (Wildman–Crippen LogP) is 7.04. The van der Waals surface area contributed by atoms with Crippen molar-refractivity contribution in [3.05, 3.63) is 132 Å². The highest BCUT2D eigenvalue weighted by Gasteiger charge is 2.37. The molecule has 1 aromatic heterocycles. The van der Waals surface area contributed by atoms with Crippen molar-refractivity contribution < 1.29 is 0 Å². The van der Waals surface area contributed by atoms with Crippen LogP contribution in [0.2, 0.25) is 0 Å². The number of anilines is 2. The molecule has 208 valence electrons. The Balaban J connectivity index is 1.19. The molecule has 6 rings (SSSR count). The normalized spacial score (nSPS) is 17.3. The zero-order valence-corrected chi connectivity index (χ0v) is 24.0. The van der Waals surface area contributed by atoms with Crippen LogP contribution in [0.3, 0.4) is 0 Å². The van der Waals surface area contributed by atoms with Crippen LogP contribution in [0.15, 0.2) is 115 Å². The second kappa shape index (κ2) is 12.1. The Bertz CT molecular complexity index is 1450. The highest BCUT2D eigenvalue weighted by molar-refractivity contribution is 5.90. The van der Waals surface area contributed by atoms with E-state index in [0.29, 0.717) is 12.1 Å². The molecule has 0 unspecified atom stereocenters. The highest BCUT2D eigenvalue weighted by Crippen LogP contribution is 2.39. The fourth-order valence-electron chi connectivity index (χ4n) is 6.36. The Kier molecular flexibility index (Phi) is 7.97. The van der Waals surface area contributed by atoms with Gasteiger partial charge in [0.15, 0.2) is 0 Å². The highest BCUT2D eigenvalue weighted by atomic mass is 15.2. The van der Waals surface area contributed by atoms with Gasteiger partial charge in [-0.2, -0.15) is 4.98 Å². The summed E-state index contributed by atoms with van der Waals surface area (Å²) in [6.45, 7) is 0.841. The van der Waals surface area contributed by atoms with Crippen molar-refractivity contribution in [2.24, 2.45) is 0 Å². The maximum atomic E-state index is 4.87. The van der Waals surface area contributed by atoms with Crippen LogP contribution in [-0.2, 0) is 5.41 Å². The third kappa shape index (κ3) is 5.68. The first-order valence-corrected chi connectivity index (χ1v) is 14.7. The Labute approximate surface area is 243 Å². The predicted molar refractivity (Wildman–Crippen MR) is 171 cm³/mol. The van der Waals surface area contributed by atoms with Crippen molar-refractivity contribution in [1.82, 2.24) is 15.3 Å². The van der Waals surface area contributed by atoms with Crippen molar-refractivity contribution in [3.8, 4) is 0 Å². The third-order valence-corrected chi connectivity index (χ3v) is 8.52. The van der Waals surface area contributed by atoms with Crippen LogP contribution in [0.5, 0.6) is 0 Å². The molecule has 1 aliphatic rings. The summed E-state index contributed by atoms with van der Waals surface area (Å²) in [5.74, 6) is 1.67. The molecule has 0 amide bonds. The summed E-state index contributed by atoms with van der Waals surface area (Å²) >= 11 is 0. The van der Waals surface area contributed by atoms with E-state index >= 15 is 0 Å². The van der Waals surface area contributed by atoms with Gasteiger partial charge in [-0.15, -0.1) is 0 Å². The van der Waals surface area contributed by atoms with Gasteiger partial charge in [0, 0.05) is 38.1 Å². The van der Waals surface area contributed by atoms with Crippen molar-refractivity contribution in [2.75, 3.05) is 30.9 Å². The average molecular weight is 542 g/mol. The van der Waals surface area contributed by atoms with Crippen molar-refractivity contribution >= 4 is 22.7 Å². The maximum Gasteiger partial charge on any atom is 0.225 e. The Morgan fingerprint density at radius 2 is 1.12 bits per heavy atom. The Hall–Kier alpha value is -4.22. The van der Waals surface area contributed by atoms with E-state index in [0.717, 1.165) is 54.9 Å². The summed E-state index contributed by atoms with van der Waals surface area (Å²) < 4.78 is 0. The second-order valence-electron chi connectivity index (χ2n) is 11.4. The summed E-state index contributed by atoms with van der Waals surface area (Å²) in [7, 11) is 4.07. The van der Waals surface area contributed by atoms with Gasteiger partial charge < -0.3 is 15.5 Å². The van der Waals surface area contributed by atoms with Gasteiger partial charge in [0.25, 0.3) is 0 Å². The topological polar surface area (TPSA) is 53.1 Å². The van der Waals surface area contributed by atoms with Crippen LogP contribution in [0.25, 0.3) is 10.9 Å². The summed E-state index contributed by atoms with van der Waals surface area (Å²) in [6, 6.07) is 41.9. The first-order chi connectivity index (χ1) is 20.1. The van der Waals surface area contributed by atoms with Crippen LogP contribution in [0.4, 0.5) is 11.8 Å². The molecular formula is C36H39N5.